The molecule has 1 heterocycles. The Hall–Kier alpha value is -0.440. The molecule has 1 aliphatic carbocycles. The molecule has 112 valence electrons. The maximum absolute atomic E-state index is 6.42. The quantitative estimate of drug-likeness (QED) is 0.811. The van der Waals surface area contributed by atoms with E-state index in [1.165, 1.54) is 31.2 Å². The van der Waals surface area contributed by atoms with Gasteiger partial charge in [-0.05, 0) is 51.1 Å². The lowest BCUT2D eigenvalue weighted by Crippen LogP contribution is -2.48. The Kier molecular flexibility index (Phi) is 4.88. The van der Waals surface area contributed by atoms with E-state index in [1.807, 2.05) is 12.1 Å². The Balaban J connectivity index is 0.00000147. The molecule has 0 amide bonds. The Morgan fingerprint density at radius 3 is 2.90 bits per heavy atom. The van der Waals surface area contributed by atoms with E-state index in [0.29, 0.717) is 5.92 Å². The monoisotopic (exact) mass is 315 g/mol. The standard InChI is InChI=1S/C16H22ClNO.ClH/c1-18(2)11-13-5-3-4-8-16(13)10-12-6-7-14(17)9-15(12)19-16;/h6-7,9,13H,3-5,8,10-11H2,1-2H3;1H/t13-,16+;/m1./s1. The lowest BCUT2D eigenvalue weighted by Gasteiger charge is -2.41. The molecular formula is C16H23Cl2NO. The van der Waals surface area contributed by atoms with Gasteiger partial charge in [-0.25, -0.2) is 0 Å². The van der Waals surface area contributed by atoms with Crippen molar-refractivity contribution < 1.29 is 4.74 Å². The van der Waals surface area contributed by atoms with Gasteiger partial charge in [0.05, 0.1) is 0 Å². The molecule has 0 aromatic heterocycles. The smallest absolute Gasteiger partial charge is 0.125 e. The number of rotatable bonds is 2. The van der Waals surface area contributed by atoms with Crippen LogP contribution >= 0.6 is 24.0 Å². The van der Waals surface area contributed by atoms with E-state index in [0.717, 1.165) is 23.7 Å². The van der Waals surface area contributed by atoms with Gasteiger partial charge < -0.3 is 9.64 Å². The van der Waals surface area contributed by atoms with Crippen molar-refractivity contribution in [2.75, 3.05) is 20.6 Å². The first-order chi connectivity index (χ1) is 9.09. The van der Waals surface area contributed by atoms with E-state index in [9.17, 15) is 0 Å². The predicted octanol–water partition coefficient (Wildman–Crippen LogP) is 4.19. The highest BCUT2D eigenvalue weighted by Crippen LogP contribution is 2.47. The van der Waals surface area contributed by atoms with Crippen LogP contribution in [0.1, 0.15) is 31.2 Å². The second-order valence-electron chi connectivity index (χ2n) is 6.30. The second-order valence-corrected chi connectivity index (χ2v) is 6.74. The van der Waals surface area contributed by atoms with Gasteiger partial charge in [0, 0.05) is 23.9 Å². The minimum Gasteiger partial charge on any atom is -0.486 e. The van der Waals surface area contributed by atoms with Crippen LogP contribution in [0.25, 0.3) is 0 Å². The van der Waals surface area contributed by atoms with Crippen LogP contribution in [0.15, 0.2) is 18.2 Å². The lowest BCUT2D eigenvalue weighted by molar-refractivity contribution is -0.0149. The van der Waals surface area contributed by atoms with E-state index < -0.39 is 0 Å². The molecule has 4 heteroatoms. The third-order valence-electron chi connectivity index (χ3n) is 4.56. The predicted molar refractivity (Wildman–Crippen MR) is 86.3 cm³/mol. The van der Waals surface area contributed by atoms with Crippen molar-refractivity contribution in [3.8, 4) is 5.75 Å². The summed E-state index contributed by atoms with van der Waals surface area (Å²) in [5, 5.41) is 0.774. The van der Waals surface area contributed by atoms with Crippen molar-refractivity contribution in [1.82, 2.24) is 4.90 Å². The van der Waals surface area contributed by atoms with Gasteiger partial charge in [-0.1, -0.05) is 24.1 Å². The first-order valence-electron chi connectivity index (χ1n) is 7.21. The summed E-state index contributed by atoms with van der Waals surface area (Å²) in [6.45, 7) is 1.11. The van der Waals surface area contributed by atoms with Crippen LogP contribution in [0.3, 0.4) is 0 Å². The molecule has 1 spiro atoms. The molecule has 3 rings (SSSR count). The van der Waals surface area contributed by atoms with E-state index in [1.54, 1.807) is 0 Å². The highest BCUT2D eigenvalue weighted by atomic mass is 35.5. The van der Waals surface area contributed by atoms with Crippen molar-refractivity contribution in [2.45, 2.75) is 37.7 Å². The minimum absolute atomic E-state index is 0. The van der Waals surface area contributed by atoms with Gasteiger partial charge in [0.1, 0.15) is 11.4 Å². The first-order valence-corrected chi connectivity index (χ1v) is 7.59. The summed E-state index contributed by atoms with van der Waals surface area (Å²) in [7, 11) is 4.31. The fourth-order valence-corrected chi connectivity index (χ4v) is 3.86. The normalized spacial score (nSPS) is 28.1. The van der Waals surface area contributed by atoms with Gasteiger partial charge in [0.25, 0.3) is 0 Å². The zero-order chi connectivity index (χ0) is 13.5. The van der Waals surface area contributed by atoms with Crippen molar-refractivity contribution in [2.24, 2.45) is 5.92 Å². The van der Waals surface area contributed by atoms with Gasteiger partial charge >= 0.3 is 0 Å². The molecule has 1 saturated carbocycles. The molecule has 0 bridgehead atoms. The molecule has 1 aromatic carbocycles. The van der Waals surface area contributed by atoms with Crippen LogP contribution in [-0.4, -0.2) is 31.1 Å². The van der Waals surface area contributed by atoms with E-state index >= 15 is 0 Å². The topological polar surface area (TPSA) is 12.5 Å². The fourth-order valence-electron chi connectivity index (χ4n) is 3.69. The van der Waals surface area contributed by atoms with Crippen LogP contribution in [-0.2, 0) is 6.42 Å². The van der Waals surface area contributed by atoms with E-state index in [2.05, 4.69) is 25.1 Å². The van der Waals surface area contributed by atoms with Crippen LogP contribution in [0.5, 0.6) is 5.75 Å². The lowest BCUT2D eigenvalue weighted by atomic mass is 9.73. The van der Waals surface area contributed by atoms with Gasteiger partial charge in [0.15, 0.2) is 0 Å². The molecule has 0 unspecified atom stereocenters. The molecule has 1 aliphatic heterocycles. The summed E-state index contributed by atoms with van der Waals surface area (Å²) in [6, 6.07) is 6.09. The summed E-state index contributed by atoms with van der Waals surface area (Å²) in [6.07, 6.45) is 6.13. The number of hydrogen-bond acceptors (Lipinski definition) is 2. The number of ether oxygens (including phenoxy) is 1. The molecule has 2 aliphatic rings. The van der Waals surface area contributed by atoms with Crippen LogP contribution in [0.2, 0.25) is 5.02 Å². The third kappa shape index (κ3) is 2.93. The van der Waals surface area contributed by atoms with Crippen molar-refractivity contribution in [3.63, 3.8) is 0 Å². The number of fused-ring (bicyclic) bond motifs is 1. The van der Waals surface area contributed by atoms with Crippen LogP contribution in [0, 0.1) is 5.92 Å². The molecular weight excluding hydrogens is 293 g/mol. The average Bonchev–Trinajstić information content (AvgIpc) is 2.70. The molecule has 0 radical (unpaired) electrons. The second kappa shape index (κ2) is 6.13. The molecule has 2 atom stereocenters. The maximum atomic E-state index is 6.42. The highest BCUT2D eigenvalue weighted by Gasteiger charge is 2.47. The SMILES string of the molecule is CN(C)C[C@H]1CCCC[C@]12Cc1ccc(Cl)cc1O2.Cl. The highest BCUT2D eigenvalue weighted by molar-refractivity contribution is 6.30. The first kappa shape index (κ1) is 15.9. The number of benzene rings is 1. The van der Waals surface area contributed by atoms with Gasteiger partial charge in [-0.3, -0.25) is 0 Å². The molecule has 2 nitrogen and oxygen atoms in total. The minimum atomic E-state index is 0. The van der Waals surface area contributed by atoms with E-state index in [4.69, 9.17) is 16.3 Å². The van der Waals surface area contributed by atoms with Crippen molar-refractivity contribution in [1.29, 1.82) is 0 Å². The third-order valence-corrected chi connectivity index (χ3v) is 4.80. The average molecular weight is 316 g/mol. The molecule has 1 aromatic rings. The summed E-state index contributed by atoms with van der Waals surface area (Å²) >= 11 is 6.08. The Morgan fingerprint density at radius 2 is 2.15 bits per heavy atom. The van der Waals surface area contributed by atoms with Crippen molar-refractivity contribution >= 4 is 24.0 Å². The molecule has 1 fully saturated rings. The zero-order valence-corrected chi connectivity index (χ0v) is 13.8. The zero-order valence-electron chi connectivity index (χ0n) is 12.2. The van der Waals surface area contributed by atoms with Gasteiger partial charge in [-0.15, -0.1) is 12.4 Å². The van der Waals surface area contributed by atoms with Gasteiger partial charge in [0.2, 0.25) is 0 Å². The van der Waals surface area contributed by atoms with Crippen molar-refractivity contribution in [3.05, 3.63) is 28.8 Å². The Labute approximate surface area is 132 Å². The maximum Gasteiger partial charge on any atom is 0.125 e. The molecule has 0 N–H and O–H groups in total. The van der Waals surface area contributed by atoms with Crippen LogP contribution in [0.4, 0.5) is 0 Å². The number of nitrogens with zero attached hydrogens (tertiary/aromatic N) is 1. The van der Waals surface area contributed by atoms with E-state index in [-0.39, 0.29) is 18.0 Å². The number of halogens is 2. The number of hydrogen-bond donors (Lipinski definition) is 0. The fraction of sp³-hybridized carbons (Fsp3) is 0.625. The summed E-state index contributed by atoms with van der Waals surface area (Å²) < 4.78 is 6.42. The summed E-state index contributed by atoms with van der Waals surface area (Å²) in [5.41, 5.74) is 1.35. The van der Waals surface area contributed by atoms with Crippen LogP contribution < -0.4 is 4.74 Å². The summed E-state index contributed by atoms with van der Waals surface area (Å²) in [5.74, 6) is 1.64. The Morgan fingerprint density at radius 1 is 1.35 bits per heavy atom. The largest absolute Gasteiger partial charge is 0.486 e. The summed E-state index contributed by atoms with van der Waals surface area (Å²) in [4.78, 5) is 2.29. The molecule has 20 heavy (non-hydrogen) atoms. The Bertz CT molecular complexity index is 478. The molecule has 0 saturated heterocycles. The van der Waals surface area contributed by atoms with Gasteiger partial charge in [-0.2, -0.15) is 0 Å².